The standard InChI is InChI=1S/C15H22N2O2/c1-10-4-11(2)15(12(3)5-10)19-9-14(18)17-8-13-6-16-7-13/h4-5,13,16H,6-9H2,1-3H3,(H,17,18). The van der Waals surface area contributed by atoms with Gasteiger partial charge in [0.2, 0.25) is 0 Å². The Morgan fingerprint density at radius 3 is 2.47 bits per heavy atom. The number of hydrogen-bond donors (Lipinski definition) is 2. The molecule has 0 radical (unpaired) electrons. The first-order chi connectivity index (χ1) is 9.06. The molecule has 1 fully saturated rings. The first-order valence-corrected chi connectivity index (χ1v) is 6.74. The van der Waals surface area contributed by atoms with E-state index in [1.807, 2.05) is 13.8 Å². The van der Waals surface area contributed by atoms with Gasteiger partial charge in [-0.05, 0) is 31.9 Å². The van der Waals surface area contributed by atoms with Gasteiger partial charge >= 0.3 is 0 Å². The number of carbonyl (C=O) groups is 1. The second-order valence-electron chi connectivity index (χ2n) is 5.34. The molecular formula is C15H22N2O2. The predicted molar refractivity (Wildman–Crippen MR) is 75.5 cm³/mol. The van der Waals surface area contributed by atoms with E-state index in [2.05, 4.69) is 29.7 Å². The van der Waals surface area contributed by atoms with Crippen molar-refractivity contribution in [3.05, 3.63) is 28.8 Å². The largest absolute Gasteiger partial charge is 0.483 e. The Kier molecular flexibility index (Phi) is 4.43. The van der Waals surface area contributed by atoms with Crippen molar-refractivity contribution in [1.82, 2.24) is 10.6 Å². The van der Waals surface area contributed by atoms with Crippen LogP contribution in [0.3, 0.4) is 0 Å². The molecule has 19 heavy (non-hydrogen) atoms. The van der Waals surface area contributed by atoms with E-state index in [-0.39, 0.29) is 12.5 Å². The maximum atomic E-state index is 11.7. The van der Waals surface area contributed by atoms with E-state index in [1.165, 1.54) is 5.56 Å². The second kappa shape index (κ2) is 6.06. The van der Waals surface area contributed by atoms with Crippen molar-refractivity contribution in [3.8, 4) is 5.75 Å². The molecule has 104 valence electrons. The van der Waals surface area contributed by atoms with Crippen molar-refractivity contribution in [3.63, 3.8) is 0 Å². The van der Waals surface area contributed by atoms with E-state index in [4.69, 9.17) is 4.74 Å². The van der Waals surface area contributed by atoms with Crippen LogP contribution in [-0.2, 0) is 4.79 Å². The maximum absolute atomic E-state index is 11.7. The smallest absolute Gasteiger partial charge is 0.257 e. The van der Waals surface area contributed by atoms with Gasteiger partial charge in [-0.1, -0.05) is 17.7 Å². The Bertz CT molecular complexity index is 444. The number of nitrogens with one attached hydrogen (secondary N) is 2. The van der Waals surface area contributed by atoms with Crippen LogP contribution in [0, 0.1) is 26.7 Å². The number of rotatable bonds is 5. The van der Waals surface area contributed by atoms with Crippen LogP contribution in [0.5, 0.6) is 5.75 Å². The van der Waals surface area contributed by atoms with E-state index in [0.717, 1.165) is 36.5 Å². The number of hydrogen-bond acceptors (Lipinski definition) is 3. The number of aryl methyl sites for hydroxylation is 3. The van der Waals surface area contributed by atoms with Gasteiger partial charge in [-0.2, -0.15) is 0 Å². The van der Waals surface area contributed by atoms with Crippen LogP contribution in [0.15, 0.2) is 12.1 Å². The first kappa shape index (κ1) is 13.9. The summed E-state index contributed by atoms with van der Waals surface area (Å²) in [6, 6.07) is 4.14. The molecule has 1 heterocycles. The molecule has 1 amide bonds. The molecule has 2 N–H and O–H groups in total. The highest BCUT2D eigenvalue weighted by Crippen LogP contribution is 2.24. The highest BCUT2D eigenvalue weighted by molar-refractivity contribution is 5.77. The van der Waals surface area contributed by atoms with E-state index in [9.17, 15) is 4.79 Å². The maximum Gasteiger partial charge on any atom is 0.257 e. The zero-order valence-electron chi connectivity index (χ0n) is 11.9. The van der Waals surface area contributed by atoms with Gasteiger partial charge in [-0.3, -0.25) is 4.79 Å². The SMILES string of the molecule is Cc1cc(C)c(OCC(=O)NCC2CNC2)c(C)c1. The highest BCUT2D eigenvalue weighted by atomic mass is 16.5. The predicted octanol–water partition coefficient (Wildman–Crippen LogP) is 1.33. The quantitative estimate of drug-likeness (QED) is 0.841. The molecule has 1 aliphatic heterocycles. The summed E-state index contributed by atoms with van der Waals surface area (Å²) in [6.07, 6.45) is 0. The van der Waals surface area contributed by atoms with Crippen LogP contribution in [-0.4, -0.2) is 32.1 Å². The number of amides is 1. The molecule has 1 aromatic rings. The zero-order valence-corrected chi connectivity index (χ0v) is 11.9. The van der Waals surface area contributed by atoms with Gasteiger partial charge in [0.15, 0.2) is 6.61 Å². The van der Waals surface area contributed by atoms with Crippen molar-refractivity contribution < 1.29 is 9.53 Å². The lowest BCUT2D eigenvalue weighted by Gasteiger charge is -2.27. The Hall–Kier alpha value is -1.55. The van der Waals surface area contributed by atoms with Crippen LogP contribution in [0.25, 0.3) is 0 Å². The van der Waals surface area contributed by atoms with Crippen molar-refractivity contribution in [2.24, 2.45) is 5.92 Å². The molecule has 4 heteroatoms. The topological polar surface area (TPSA) is 50.4 Å². The van der Waals surface area contributed by atoms with E-state index in [1.54, 1.807) is 0 Å². The molecule has 0 atom stereocenters. The van der Waals surface area contributed by atoms with E-state index < -0.39 is 0 Å². The van der Waals surface area contributed by atoms with Crippen molar-refractivity contribution in [2.45, 2.75) is 20.8 Å². The summed E-state index contributed by atoms with van der Waals surface area (Å²) in [4.78, 5) is 11.7. The Morgan fingerprint density at radius 1 is 1.32 bits per heavy atom. The average molecular weight is 262 g/mol. The van der Waals surface area contributed by atoms with Crippen LogP contribution < -0.4 is 15.4 Å². The molecule has 2 rings (SSSR count). The first-order valence-electron chi connectivity index (χ1n) is 6.74. The Balaban J connectivity index is 1.82. The minimum absolute atomic E-state index is 0.0497. The lowest BCUT2D eigenvalue weighted by molar-refractivity contribution is -0.123. The van der Waals surface area contributed by atoms with Crippen molar-refractivity contribution in [2.75, 3.05) is 26.2 Å². The lowest BCUT2D eigenvalue weighted by atomic mass is 10.0. The molecule has 0 spiro atoms. The molecule has 1 aliphatic rings. The molecule has 0 aliphatic carbocycles. The molecule has 0 saturated carbocycles. The fourth-order valence-corrected chi connectivity index (χ4v) is 2.33. The average Bonchev–Trinajstić information content (AvgIpc) is 2.25. The lowest BCUT2D eigenvalue weighted by Crippen LogP contribution is -2.48. The van der Waals surface area contributed by atoms with Crippen LogP contribution in [0.1, 0.15) is 16.7 Å². The second-order valence-corrected chi connectivity index (χ2v) is 5.34. The van der Waals surface area contributed by atoms with Crippen LogP contribution >= 0.6 is 0 Å². The monoisotopic (exact) mass is 262 g/mol. The summed E-state index contributed by atoms with van der Waals surface area (Å²) in [5.74, 6) is 1.35. The molecule has 0 aromatic heterocycles. The van der Waals surface area contributed by atoms with Gasteiger partial charge in [-0.15, -0.1) is 0 Å². The Labute approximate surface area is 114 Å². The van der Waals surface area contributed by atoms with Gasteiger partial charge in [-0.25, -0.2) is 0 Å². The fourth-order valence-electron chi connectivity index (χ4n) is 2.33. The van der Waals surface area contributed by atoms with E-state index >= 15 is 0 Å². The normalized spacial score (nSPS) is 14.9. The molecule has 1 saturated heterocycles. The van der Waals surface area contributed by atoms with Gasteiger partial charge < -0.3 is 15.4 Å². The number of benzene rings is 1. The summed E-state index contributed by atoms with van der Waals surface area (Å²) in [6.45, 7) is 8.89. The van der Waals surface area contributed by atoms with Gasteiger partial charge in [0, 0.05) is 25.6 Å². The highest BCUT2D eigenvalue weighted by Gasteiger charge is 2.17. The third-order valence-corrected chi connectivity index (χ3v) is 3.41. The minimum Gasteiger partial charge on any atom is -0.483 e. The molecule has 4 nitrogen and oxygen atoms in total. The van der Waals surface area contributed by atoms with Gasteiger partial charge in [0.1, 0.15) is 5.75 Å². The summed E-state index contributed by atoms with van der Waals surface area (Å²) >= 11 is 0. The third kappa shape index (κ3) is 3.70. The van der Waals surface area contributed by atoms with Crippen LogP contribution in [0.2, 0.25) is 0 Å². The number of ether oxygens (including phenoxy) is 1. The summed E-state index contributed by atoms with van der Waals surface area (Å²) in [7, 11) is 0. The van der Waals surface area contributed by atoms with Crippen molar-refractivity contribution in [1.29, 1.82) is 0 Å². The van der Waals surface area contributed by atoms with Crippen LogP contribution in [0.4, 0.5) is 0 Å². The zero-order chi connectivity index (χ0) is 13.8. The van der Waals surface area contributed by atoms with Crippen molar-refractivity contribution >= 4 is 5.91 Å². The summed E-state index contributed by atoms with van der Waals surface area (Å²) < 4.78 is 5.64. The summed E-state index contributed by atoms with van der Waals surface area (Å²) in [5.41, 5.74) is 3.37. The van der Waals surface area contributed by atoms with Gasteiger partial charge in [0.25, 0.3) is 5.91 Å². The Morgan fingerprint density at radius 2 is 1.95 bits per heavy atom. The molecular weight excluding hydrogens is 240 g/mol. The number of carbonyl (C=O) groups excluding carboxylic acids is 1. The molecule has 0 bridgehead atoms. The molecule has 1 aromatic carbocycles. The minimum atomic E-state index is -0.0497. The fraction of sp³-hybridized carbons (Fsp3) is 0.533. The van der Waals surface area contributed by atoms with E-state index in [0.29, 0.717) is 5.92 Å². The third-order valence-electron chi connectivity index (χ3n) is 3.41. The molecule has 0 unspecified atom stereocenters. The summed E-state index contributed by atoms with van der Waals surface area (Å²) in [5, 5.41) is 6.08. The van der Waals surface area contributed by atoms with Gasteiger partial charge in [0.05, 0.1) is 0 Å².